The summed E-state index contributed by atoms with van der Waals surface area (Å²) in [5.41, 5.74) is 1.78. The van der Waals surface area contributed by atoms with Crippen LogP contribution in [0.15, 0.2) is 11.6 Å². The standard InChI is InChI=1S/C10H16O/c1-6(11)7-4-5-8-9(7)10(8,2)3/h4,6,8-9,11H,5H2,1-3H3/t6?,8-,9+/m1/s1. The van der Waals surface area contributed by atoms with Crippen molar-refractivity contribution in [2.24, 2.45) is 17.3 Å². The summed E-state index contributed by atoms with van der Waals surface area (Å²) in [4.78, 5) is 0. The zero-order valence-electron chi connectivity index (χ0n) is 7.46. The molecule has 1 fully saturated rings. The molecule has 0 aromatic heterocycles. The van der Waals surface area contributed by atoms with E-state index in [9.17, 15) is 5.11 Å². The van der Waals surface area contributed by atoms with Gasteiger partial charge in [-0.1, -0.05) is 19.9 Å². The van der Waals surface area contributed by atoms with Crippen molar-refractivity contribution in [1.29, 1.82) is 0 Å². The van der Waals surface area contributed by atoms with Gasteiger partial charge in [0.2, 0.25) is 0 Å². The molecule has 0 aliphatic heterocycles. The van der Waals surface area contributed by atoms with Gasteiger partial charge in [0, 0.05) is 0 Å². The number of aliphatic hydroxyl groups is 1. The van der Waals surface area contributed by atoms with Crippen molar-refractivity contribution in [3.63, 3.8) is 0 Å². The third-order valence-corrected chi connectivity index (χ3v) is 3.50. The van der Waals surface area contributed by atoms with Gasteiger partial charge < -0.3 is 5.11 Å². The van der Waals surface area contributed by atoms with Crippen molar-refractivity contribution in [1.82, 2.24) is 0 Å². The molecule has 11 heavy (non-hydrogen) atoms. The van der Waals surface area contributed by atoms with Gasteiger partial charge in [-0.25, -0.2) is 0 Å². The zero-order chi connectivity index (χ0) is 8.22. The largest absolute Gasteiger partial charge is 0.389 e. The molecule has 62 valence electrons. The molecule has 0 radical (unpaired) electrons. The highest BCUT2D eigenvalue weighted by Crippen LogP contribution is 2.67. The van der Waals surface area contributed by atoms with Crippen LogP contribution in [0.5, 0.6) is 0 Å². The lowest BCUT2D eigenvalue weighted by Crippen LogP contribution is -2.08. The minimum Gasteiger partial charge on any atom is -0.389 e. The smallest absolute Gasteiger partial charge is 0.0724 e. The number of fused-ring (bicyclic) bond motifs is 1. The lowest BCUT2D eigenvalue weighted by molar-refractivity contribution is 0.222. The molecule has 3 atom stereocenters. The molecule has 0 saturated heterocycles. The Morgan fingerprint density at radius 3 is 2.55 bits per heavy atom. The van der Waals surface area contributed by atoms with Crippen molar-refractivity contribution in [2.75, 3.05) is 0 Å². The van der Waals surface area contributed by atoms with E-state index in [-0.39, 0.29) is 6.10 Å². The fraction of sp³-hybridized carbons (Fsp3) is 0.800. The maximum absolute atomic E-state index is 9.41. The number of rotatable bonds is 1. The highest BCUT2D eigenvalue weighted by molar-refractivity contribution is 5.32. The molecule has 0 spiro atoms. The van der Waals surface area contributed by atoms with Gasteiger partial charge in [-0.15, -0.1) is 0 Å². The Hall–Kier alpha value is -0.300. The molecule has 1 heteroatoms. The van der Waals surface area contributed by atoms with E-state index in [1.54, 1.807) is 0 Å². The number of allylic oxidation sites excluding steroid dienone is 1. The fourth-order valence-electron chi connectivity index (χ4n) is 2.67. The van der Waals surface area contributed by atoms with Crippen LogP contribution in [0.2, 0.25) is 0 Å². The first-order valence-corrected chi connectivity index (χ1v) is 4.43. The summed E-state index contributed by atoms with van der Waals surface area (Å²) in [5.74, 6) is 1.54. The van der Waals surface area contributed by atoms with E-state index < -0.39 is 0 Å². The molecule has 2 aliphatic rings. The summed E-state index contributed by atoms with van der Waals surface area (Å²) in [7, 11) is 0. The van der Waals surface area contributed by atoms with E-state index in [4.69, 9.17) is 0 Å². The second-order valence-electron chi connectivity index (χ2n) is 4.52. The summed E-state index contributed by atoms with van der Waals surface area (Å²) >= 11 is 0. The number of hydrogen-bond donors (Lipinski definition) is 1. The maximum atomic E-state index is 9.41. The molecule has 0 bridgehead atoms. The Kier molecular flexibility index (Phi) is 1.26. The van der Waals surface area contributed by atoms with Gasteiger partial charge in [0.25, 0.3) is 0 Å². The molecule has 2 aliphatic carbocycles. The van der Waals surface area contributed by atoms with Crippen molar-refractivity contribution in [3.8, 4) is 0 Å². The Morgan fingerprint density at radius 2 is 2.27 bits per heavy atom. The SMILES string of the molecule is CC(O)C1=CC[C@@H]2[C@H]1C2(C)C. The maximum Gasteiger partial charge on any atom is 0.0724 e. The predicted molar refractivity (Wildman–Crippen MR) is 45.1 cm³/mol. The van der Waals surface area contributed by atoms with Crippen molar-refractivity contribution >= 4 is 0 Å². The van der Waals surface area contributed by atoms with Crippen molar-refractivity contribution in [2.45, 2.75) is 33.3 Å². The average Bonchev–Trinajstić information content (AvgIpc) is 2.34. The summed E-state index contributed by atoms with van der Waals surface area (Å²) < 4.78 is 0. The van der Waals surface area contributed by atoms with E-state index in [2.05, 4.69) is 19.9 Å². The van der Waals surface area contributed by atoms with Crippen molar-refractivity contribution in [3.05, 3.63) is 11.6 Å². The molecule has 0 aromatic rings. The normalized spacial score (nSPS) is 41.3. The van der Waals surface area contributed by atoms with Crippen LogP contribution in [0, 0.1) is 17.3 Å². The average molecular weight is 152 g/mol. The molecule has 1 nitrogen and oxygen atoms in total. The third kappa shape index (κ3) is 0.807. The molecule has 1 saturated carbocycles. The van der Waals surface area contributed by atoms with Gasteiger partial charge in [-0.3, -0.25) is 0 Å². The van der Waals surface area contributed by atoms with Crippen LogP contribution in [0.25, 0.3) is 0 Å². The van der Waals surface area contributed by atoms with Crippen LogP contribution < -0.4 is 0 Å². The fourth-order valence-corrected chi connectivity index (χ4v) is 2.67. The van der Waals surface area contributed by atoms with Crippen LogP contribution in [-0.4, -0.2) is 11.2 Å². The highest BCUT2D eigenvalue weighted by Gasteiger charge is 2.61. The summed E-state index contributed by atoms with van der Waals surface area (Å²) in [6.07, 6.45) is 3.20. The molecule has 1 N–H and O–H groups in total. The number of aliphatic hydroxyl groups excluding tert-OH is 1. The van der Waals surface area contributed by atoms with E-state index >= 15 is 0 Å². The minimum absolute atomic E-state index is 0.216. The molecular weight excluding hydrogens is 136 g/mol. The monoisotopic (exact) mass is 152 g/mol. The second kappa shape index (κ2) is 1.89. The van der Waals surface area contributed by atoms with Gasteiger partial charge in [0.05, 0.1) is 6.10 Å². The van der Waals surface area contributed by atoms with Gasteiger partial charge in [-0.2, -0.15) is 0 Å². The molecule has 0 heterocycles. The molecule has 0 amide bonds. The van der Waals surface area contributed by atoms with Crippen LogP contribution in [-0.2, 0) is 0 Å². The molecule has 1 unspecified atom stereocenters. The lowest BCUT2D eigenvalue weighted by atomic mass is 9.98. The summed E-state index contributed by atoms with van der Waals surface area (Å²) in [5, 5.41) is 9.41. The predicted octanol–water partition coefficient (Wildman–Crippen LogP) is 1.97. The van der Waals surface area contributed by atoms with Crippen LogP contribution in [0.3, 0.4) is 0 Å². The summed E-state index contributed by atoms with van der Waals surface area (Å²) in [6.45, 7) is 6.48. The minimum atomic E-state index is -0.216. The Balaban J connectivity index is 2.17. The van der Waals surface area contributed by atoms with Gasteiger partial charge in [0.15, 0.2) is 0 Å². The first-order chi connectivity index (χ1) is 5.05. The highest BCUT2D eigenvalue weighted by atomic mass is 16.3. The molecule has 2 rings (SSSR count). The first-order valence-electron chi connectivity index (χ1n) is 4.43. The Labute approximate surface area is 68.1 Å². The quantitative estimate of drug-likeness (QED) is 0.569. The van der Waals surface area contributed by atoms with E-state index in [0.717, 1.165) is 5.92 Å². The lowest BCUT2D eigenvalue weighted by Gasteiger charge is -2.11. The van der Waals surface area contributed by atoms with Crippen LogP contribution in [0.4, 0.5) is 0 Å². The van der Waals surface area contributed by atoms with E-state index in [0.29, 0.717) is 11.3 Å². The van der Waals surface area contributed by atoms with Gasteiger partial charge in [-0.05, 0) is 36.2 Å². The third-order valence-electron chi connectivity index (χ3n) is 3.50. The molecular formula is C10H16O. The van der Waals surface area contributed by atoms with Crippen LogP contribution >= 0.6 is 0 Å². The number of hydrogen-bond acceptors (Lipinski definition) is 1. The molecule has 0 aromatic carbocycles. The Bertz CT molecular complexity index is 213. The van der Waals surface area contributed by atoms with E-state index in [1.807, 2.05) is 6.92 Å². The van der Waals surface area contributed by atoms with Gasteiger partial charge in [0.1, 0.15) is 0 Å². The topological polar surface area (TPSA) is 20.2 Å². The van der Waals surface area contributed by atoms with Crippen LogP contribution in [0.1, 0.15) is 27.2 Å². The van der Waals surface area contributed by atoms with E-state index in [1.165, 1.54) is 12.0 Å². The summed E-state index contributed by atoms with van der Waals surface area (Å²) in [6, 6.07) is 0. The zero-order valence-corrected chi connectivity index (χ0v) is 7.46. The Morgan fingerprint density at radius 1 is 1.64 bits per heavy atom. The van der Waals surface area contributed by atoms with Crippen molar-refractivity contribution < 1.29 is 5.11 Å². The second-order valence-corrected chi connectivity index (χ2v) is 4.52. The van der Waals surface area contributed by atoms with Gasteiger partial charge >= 0.3 is 0 Å². The first kappa shape index (κ1) is 7.35.